The van der Waals surface area contributed by atoms with Gasteiger partial charge in [-0.05, 0) is 6.42 Å². The van der Waals surface area contributed by atoms with Crippen LogP contribution in [0.15, 0.2) is 4.99 Å². The first kappa shape index (κ1) is 22.4. The minimum Gasteiger partial charge on any atom is -0.473 e. The van der Waals surface area contributed by atoms with E-state index < -0.39 is 0 Å². The fourth-order valence-corrected chi connectivity index (χ4v) is 0.416. The monoisotopic (exact) mass is 218 g/mol. The van der Waals surface area contributed by atoms with Crippen molar-refractivity contribution in [2.24, 2.45) is 4.99 Å². The molecule has 0 aromatic rings. The van der Waals surface area contributed by atoms with Crippen LogP contribution in [0.3, 0.4) is 0 Å². The van der Waals surface area contributed by atoms with Gasteiger partial charge >= 0.3 is 0 Å². The smallest absolute Gasteiger partial charge is 0 e. The Morgan fingerprint density at radius 1 is 1.40 bits per heavy atom. The van der Waals surface area contributed by atoms with Crippen LogP contribution < -0.4 is 0 Å². The van der Waals surface area contributed by atoms with Crippen LogP contribution in [-0.2, 0) is 32.7 Å². The Kier molecular flexibility index (Phi) is 36.5. The van der Waals surface area contributed by atoms with Crippen molar-refractivity contribution in [3.05, 3.63) is 20.2 Å². The third-order valence-electron chi connectivity index (χ3n) is 0.832. The predicted molar refractivity (Wildman–Crippen MR) is 45.8 cm³/mol. The fourth-order valence-electron chi connectivity index (χ4n) is 0.416. The van der Waals surface area contributed by atoms with Crippen molar-refractivity contribution in [1.29, 1.82) is 0 Å². The summed E-state index contributed by atoms with van der Waals surface area (Å²) < 4.78 is 0. The molecule has 0 amide bonds. The van der Waals surface area contributed by atoms with E-state index in [1.54, 1.807) is 14.1 Å². The second kappa shape index (κ2) is 16.3. The third-order valence-corrected chi connectivity index (χ3v) is 0.832. The van der Waals surface area contributed by atoms with Crippen LogP contribution in [-0.4, -0.2) is 19.9 Å². The first-order valence-electron chi connectivity index (χ1n) is 2.40. The van der Waals surface area contributed by atoms with E-state index >= 15 is 0 Å². The maximum atomic E-state index is 3.88. The molecule has 0 aromatic carbocycles. The molecule has 0 bridgehead atoms. The fraction of sp³-hybridized carbons (Fsp3) is 0.571. The molecule has 0 saturated carbocycles. The second-order valence-electron chi connectivity index (χ2n) is 1.22. The van der Waals surface area contributed by atoms with Crippen LogP contribution in [0.25, 0.3) is 5.32 Å². The molecule has 0 aromatic heterocycles. The molecule has 0 unspecified atom stereocenters. The first-order chi connectivity index (χ1) is 3.35. The maximum absolute atomic E-state index is 3.88. The number of nitrogens with zero attached hydrogens (tertiary/aromatic N) is 2. The average Bonchev–Trinajstić information content (AvgIpc) is 1.72. The van der Waals surface area contributed by atoms with Gasteiger partial charge < -0.3 is 25.2 Å². The molecule has 0 heterocycles. The first-order valence-corrected chi connectivity index (χ1v) is 2.40. The number of hydrogen-bond acceptors (Lipinski definition) is 1. The molecule has 0 rings (SSSR count). The van der Waals surface area contributed by atoms with E-state index in [4.69, 9.17) is 0 Å². The SMILES string of the molecule is CCC(=NC)[N-]C.[CH3-].[CH3-].[Y]. The minimum atomic E-state index is 0. The van der Waals surface area contributed by atoms with Crippen molar-refractivity contribution in [2.45, 2.75) is 13.3 Å². The van der Waals surface area contributed by atoms with Gasteiger partial charge in [0, 0.05) is 32.7 Å². The topological polar surface area (TPSA) is 26.5 Å². The van der Waals surface area contributed by atoms with Gasteiger partial charge in [0.1, 0.15) is 0 Å². The molecule has 2 nitrogen and oxygen atoms in total. The van der Waals surface area contributed by atoms with Crippen LogP contribution in [0.2, 0.25) is 0 Å². The molecule has 0 N–H and O–H groups in total. The van der Waals surface area contributed by atoms with Crippen molar-refractivity contribution < 1.29 is 32.7 Å². The van der Waals surface area contributed by atoms with Crippen molar-refractivity contribution in [3.8, 4) is 0 Å². The molecular formula is C7H17N2Y-3. The van der Waals surface area contributed by atoms with E-state index in [0.717, 1.165) is 12.3 Å². The summed E-state index contributed by atoms with van der Waals surface area (Å²) in [5.41, 5.74) is 0. The Hall–Kier alpha value is 0.574. The molecule has 61 valence electrons. The molecule has 0 aliphatic heterocycles. The summed E-state index contributed by atoms with van der Waals surface area (Å²) in [5.74, 6) is 0.931. The molecule has 3 heteroatoms. The normalized spacial score (nSPS) is 8.10. The van der Waals surface area contributed by atoms with Gasteiger partial charge in [-0.2, -0.15) is 0 Å². The van der Waals surface area contributed by atoms with E-state index in [-0.39, 0.29) is 47.6 Å². The zero-order valence-electron chi connectivity index (χ0n) is 7.68. The van der Waals surface area contributed by atoms with Gasteiger partial charge in [-0.15, -0.1) is 0 Å². The summed E-state index contributed by atoms with van der Waals surface area (Å²) >= 11 is 0. The van der Waals surface area contributed by atoms with Crippen LogP contribution in [0.4, 0.5) is 0 Å². The van der Waals surface area contributed by atoms with Crippen molar-refractivity contribution >= 4 is 5.84 Å². The van der Waals surface area contributed by atoms with E-state index in [1.807, 2.05) is 6.92 Å². The number of rotatable bonds is 1. The largest absolute Gasteiger partial charge is 0.473 e. The van der Waals surface area contributed by atoms with Gasteiger partial charge in [0.15, 0.2) is 0 Å². The summed E-state index contributed by atoms with van der Waals surface area (Å²) in [4.78, 5) is 3.88. The number of amidine groups is 1. The Morgan fingerprint density at radius 3 is 1.80 bits per heavy atom. The summed E-state index contributed by atoms with van der Waals surface area (Å²) in [6.07, 6.45) is 0.938. The van der Waals surface area contributed by atoms with Crippen molar-refractivity contribution in [1.82, 2.24) is 0 Å². The van der Waals surface area contributed by atoms with Gasteiger partial charge in [0.25, 0.3) is 0 Å². The molecule has 0 spiro atoms. The second-order valence-corrected chi connectivity index (χ2v) is 1.22. The van der Waals surface area contributed by atoms with Gasteiger partial charge in [-0.3, -0.25) is 0 Å². The molecule has 0 aliphatic carbocycles. The van der Waals surface area contributed by atoms with Gasteiger partial charge in [-0.1, -0.05) is 26.9 Å². The van der Waals surface area contributed by atoms with Crippen LogP contribution >= 0.6 is 0 Å². The summed E-state index contributed by atoms with van der Waals surface area (Å²) in [5, 5.41) is 3.88. The molecule has 0 fully saturated rings. The summed E-state index contributed by atoms with van der Waals surface area (Å²) in [6.45, 7) is 2.04. The Morgan fingerprint density at radius 2 is 1.80 bits per heavy atom. The van der Waals surface area contributed by atoms with E-state index in [2.05, 4.69) is 10.3 Å². The maximum Gasteiger partial charge on any atom is 0 e. The van der Waals surface area contributed by atoms with E-state index in [0.29, 0.717) is 0 Å². The average molecular weight is 218 g/mol. The van der Waals surface area contributed by atoms with Gasteiger partial charge in [-0.25, -0.2) is 0 Å². The molecular weight excluding hydrogens is 201 g/mol. The van der Waals surface area contributed by atoms with E-state index in [9.17, 15) is 0 Å². The number of aliphatic imine (C=N–C) groups is 1. The van der Waals surface area contributed by atoms with Crippen molar-refractivity contribution in [2.75, 3.05) is 14.1 Å². The molecule has 1 radical (unpaired) electrons. The molecule has 0 saturated heterocycles. The van der Waals surface area contributed by atoms with Crippen LogP contribution in [0.5, 0.6) is 0 Å². The standard InChI is InChI=1S/C5H11N2.2CH3.Y/c1-4-5(6-2)7-3;;;/h4H2,1-3H3;2*1H3;/q3*-1;. The number of hydrogen-bond donors (Lipinski definition) is 0. The summed E-state index contributed by atoms with van der Waals surface area (Å²) in [6, 6.07) is 0. The van der Waals surface area contributed by atoms with Crippen LogP contribution in [0.1, 0.15) is 13.3 Å². The van der Waals surface area contributed by atoms with Crippen LogP contribution in [0, 0.1) is 14.9 Å². The Balaban J connectivity index is -0.0000000600. The van der Waals surface area contributed by atoms with E-state index in [1.165, 1.54) is 0 Å². The van der Waals surface area contributed by atoms with Crippen molar-refractivity contribution in [3.63, 3.8) is 0 Å². The molecule has 0 atom stereocenters. The van der Waals surface area contributed by atoms with Gasteiger partial charge in [0.05, 0.1) is 0 Å². The third kappa shape index (κ3) is 11.4. The summed E-state index contributed by atoms with van der Waals surface area (Å²) in [7, 11) is 3.51. The quantitative estimate of drug-likeness (QED) is 0.367. The Bertz CT molecular complexity index is 66.0. The van der Waals surface area contributed by atoms with Gasteiger partial charge in [0.2, 0.25) is 0 Å². The zero-order chi connectivity index (χ0) is 5.70. The zero-order valence-corrected chi connectivity index (χ0v) is 10.5. The predicted octanol–water partition coefficient (Wildman–Crippen LogP) is 2.33. The molecule has 0 aliphatic rings. The minimum absolute atomic E-state index is 0. The molecule has 10 heavy (non-hydrogen) atoms. The Labute approximate surface area is 90.8 Å².